The first-order valence-electron chi connectivity index (χ1n) is 5.57. The summed E-state index contributed by atoms with van der Waals surface area (Å²) in [6, 6.07) is 6.08. The predicted molar refractivity (Wildman–Crippen MR) is 61.4 cm³/mol. The van der Waals surface area contributed by atoms with Crippen LogP contribution >= 0.6 is 0 Å². The van der Waals surface area contributed by atoms with Crippen LogP contribution in [0.2, 0.25) is 0 Å². The van der Waals surface area contributed by atoms with Crippen molar-refractivity contribution in [3.05, 3.63) is 30.1 Å². The Kier molecular flexibility index (Phi) is 2.66. The second kappa shape index (κ2) is 4.46. The maximum Gasteiger partial charge on any atom is 0.266 e. The summed E-state index contributed by atoms with van der Waals surface area (Å²) >= 11 is 0. The van der Waals surface area contributed by atoms with E-state index in [0.29, 0.717) is 5.95 Å². The van der Waals surface area contributed by atoms with Gasteiger partial charge in [-0.1, -0.05) is 11.2 Å². The molecule has 0 aromatic carbocycles. The number of anilines is 1. The minimum Gasteiger partial charge on any atom is -0.327 e. The van der Waals surface area contributed by atoms with Gasteiger partial charge in [0.05, 0.1) is 11.7 Å². The molecule has 7 nitrogen and oxygen atoms in total. The molecule has 1 aliphatic rings. The number of nitrogens with one attached hydrogen (secondary N) is 2. The summed E-state index contributed by atoms with van der Waals surface area (Å²) < 4.78 is 0. The van der Waals surface area contributed by atoms with Crippen LogP contribution in [0.15, 0.2) is 24.4 Å². The maximum atomic E-state index is 4.39. The number of aromatic nitrogens is 5. The number of rotatable bonds is 2. The molecule has 0 spiro atoms. The van der Waals surface area contributed by atoms with Gasteiger partial charge in [0.2, 0.25) is 0 Å². The van der Waals surface area contributed by atoms with Gasteiger partial charge in [0.15, 0.2) is 0 Å². The highest BCUT2D eigenvalue weighted by atomic mass is 15.5. The van der Waals surface area contributed by atoms with E-state index >= 15 is 0 Å². The fourth-order valence-corrected chi connectivity index (χ4v) is 2.06. The van der Waals surface area contributed by atoms with Crippen molar-refractivity contribution in [3.63, 3.8) is 0 Å². The molecule has 1 atom stereocenters. The lowest BCUT2D eigenvalue weighted by Crippen LogP contribution is -2.46. The van der Waals surface area contributed by atoms with Crippen LogP contribution in [-0.4, -0.2) is 45.2 Å². The summed E-state index contributed by atoms with van der Waals surface area (Å²) in [5.74, 6) is 0.627. The summed E-state index contributed by atoms with van der Waals surface area (Å²) in [5, 5.41) is 17.5. The van der Waals surface area contributed by atoms with Crippen molar-refractivity contribution in [2.24, 2.45) is 0 Å². The highest BCUT2D eigenvalue weighted by Gasteiger charge is 2.27. The Hall–Kier alpha value is -2.02. The second-order valence-electron chi connectivity index (χ2n) is 3.88. The van der Waals surface area contributed by atoms with E-state index in [1.54, 1.807) is 6.20 Å². The lowest BCUT2D eigenvalue weighted by molar-refractivity contribution is 0.474. The lowest BCUT2D eigenvalue weighted by atomic mass is 10.1. The molecule has 1 fully saturated rings. The van der Waals surface area contributed by atoms with Gasteiger partial charge in [0.25, 0.3) is 5.95 Å². The van der Waals surface area contributed by atoms with Gasteiger partial charge in [-0.25, -0.2) is 0 Å². The van der Waals surface area contributed by atoms with E-state index in [4.69, 9.17) is 0 Å². The number of hydrogen-bond donors (Lipinski definition) is 2. The first-order chi connectivity index (χ1) is 8.45. The van der Waals surface area contributed by atoms with Crippen LogP contribution in [0.4, 0.5) is 5.95 Å². The van der Waals surface area contributed by atoms with Crippen molar-refractivity contribution in [2.75, 3.05) is 24.5 Å². The summed E-state index contributed by atoms with van der Waals surface area (Å²) in [4.78, 5) is 6.51. The fraction of sp³-hybridized carbons (Fsp3) is 0.400. The number of tetrazole rings is 1. The van der Waals surface area contributed by atoms with Crippen LogP contribution in [0.5, 0.6) is 0 Å². The molecule has 0 saturated carbocycles. The quantitative estimate of drug-likeness (QED) is 0.741. The van der Waals surface area contributed by atoms with E-state index in [1.807, 2.05) is 18.2 Å². The molecule has 3 heterocycles. The van der Waals surface area contributed by atoms with E-state index in [0.717, 1.165) is 25.3 Å². The Morgan fingerprint density at radius 2 is 2.35 bits per heavy atom. The van der Waals surface area contributed by atoms with Gasteiger partial charge in [-0.2, -0.15) is 5.21 Å². The number of piperazine rings is 1. The monoisotopic (exact) mass is 231 g/mol. The van der Waals surface area contributed by atoms with Crippen molar-refractivity contribution < 1.29 is 0 Å². The molecule has 2 N–H and O–H groups in total. The molecule has 17 heavy (non-hydrogen) atoms. The number of nitrogens with zero attached hydrogens (tertiary/aromatic N) is 5. The topological polar surface area (TPSA) is 82.6 Å². The highest BCUT2D eigenvalue weighted by Crippen LogP contribution is 2.23. The molecule has 0 bridgehead atoms. The molecule has 0 radical (unpaired) electrons. The van der Waals surface area contributed by atoms with Crippen LogP contribution in [0, 0.1) is 0 Å². The van der Waals surface area contributed by atoms with Crippen molar-refractivity contribution in [1.82, 2.24) is 30.9 Å². The molecular weight excluding hydrogens is 218 g/mol. The van der Waals surface area contributed by atoms with Crippen molar-refractivity contribution in [1.29, 1.82) is 0 Å². The SMILES string of the molecule is c1ccc(C2CNCCN2c2nn[nH]n2)nc1. The molecule has 1 aliphatic heterocycles. The van der Waals surface area contributed by atoms with Gasteiger partial charge < -0.3 is 10.2 Å². The Bertz CT molecular complexity index is 455. The summed E-state index contributed by atoms with van der Waals surface area (Å²) in [6.07, 6.45) is 1.80. The molecule has 2 aromatic rings. The number of H-pyrrole nitrogens is 1. The number of aromatic amines is 1. The zero-order chi connectivity index (χ0) is 11.5. The molecular formula is C10H13N7. The third-order valence-corrected chi connectivity index (χ3v) is 2.86. The molecule has 2 aromatic heterocycles. The first-order valence-corrected chi connectivity index (χ1v) is 5.57. The Morgan fingerprint density at radius 1 is 1.35 bits per heavy atom. The lowest BCUT2D eigenvalue weighted by Gasteiger charge is -2.34. The second-order valence-corrected chi connectivity index (χ2v) is 3.88. The van der Waals surface area contributed by atoms with Gasteiger partial charge in [-0.15, -0.1) is 5.10 Å². The zero-order valence-electron chi connectivity index (χ0n) is 9.24. The highest BCUT2D eigenvalue weighted by molar-refractivity contribution is 5.33. The third kappa shape index (κ3) is 1.96. The molecule has 0 amide bonds. The molecule has 3 rings (SSSR count). The third-order valence-electron chi connectivity index (χ3n) is 2.86. The molecule has 1 unspecified atom stereocenters. The zero-order valence-corrected chi connectivity index (χ0v) is 9.24. The van der Waals surface area contributed by atoms with Crippen molar-refractivity contribution >= 4 is 5.95 Å². The van der Waals surface area contributed by atoms with Crippen LogP contribution in [0.3, 0.4) is 0 Å². The van der Waals surface area contributed by atoms with Gasteiger partial charge in [-0.05, 0) is 17.3 Å². The van der Waals surface area contributed by atoms with Crippen LogP contribution in [-0.2, 0) is 0 Å². The standard InChI is InChI=1S/C10H13N7/c1-2-4-12-8(3-1)9-7-11-5-6-17(9)10-13-15-16-14-10/h1-4,9,11H,5-7H2,(H,13,14,15,16). The van der Waals surface area contributed by atoms with Gasteiger partial charge in [0.1, 0.15) is 0 Å². The summed E-state index contributed by atoms with van der Waals surface area (Å²) in [5.41, 5.74) is 1.02. The van der Waals surface area contributed by atoms with Crippen LogP contribution in [0.25, 0.3) is 0 Å². The normalized spacial score (nSPS) is 20.5. The Balaban J connectivity index is 1.91. The Labute approximate surface area is 98.2 Å². The maximum absolute atomic E-state index is 4.39. The van der Waals surface area contributed by atoms with Crippen molar-refractivity contribution in [2.45, 2.75) is 6.04 Å². The van der Waals surface area contributed by atoms with Crippen LogP contribution < -0.4 is 10.2 Å². The Morgan fingerprint density at radius 3 is 3.12 bits per heavy atom. The first kappa shape index (κ1) is 10.2. The van der Waals surface area contributed by atoms with Gasteiger partial charge in [0, 0.05) is 25.8 Å². The van der Waals surface area contributed by atoms with Gasteiger partial charge in [-0.3, -0.25) is 4.98 Å². The smallest absolute Gasteiger partial charge is 0.266 e. The van der Waals surface area contributed by atoms with Crippen molar-refractivity contribution in [3.8, 4) is 0 Å². The number of pyridine rings is 1. The van der Waals surface area contributed by atoms with E-state index in [1.165, 1.54) is 0 Å². The molecule has 0 aliphatic carbocycles. The summed E-state index contributed by atoms with van der Waals surface area (Å²) in [6.45, 7) is 2.60. The minimum absolute atomic E-state index is 0.155. The number of hydrogen-bond acceptors (Lipinski definition) is 6. The molecule has 88 valence electrons. The fourth-order valence-electron chi connectivity index (χ4n) is 2.06. The average Bonchev–Trinajstić information content (AvgIpc) is 2.94. The van der Waals surface area contributed by atoms with Crippen LogP contribution in [0.1, 0.15) is 11.7 Å². The van der Waals surface area contributed by atoms with E-state index in [9.17, 15) is 0 Å². The minimum atomic E-state index is 0.155. The van der Waals surface area contributed by atoms with Gasteiger partial charge >= 0.3 is 0 Å². The summed E-state index contributed by atoms with van der Waals surface area (Å²) in [7, 11) is 0. The van der Waals surface area contributed by atoms with E-state index in [2.05, 4.69) is 35.8 Å². The molecule has 1 saturated heterocycles. The van der Waals surface area contributed by atoms with E-state index in [-0.39, 0.29) is 6.04 Å². The molecule has 7 heteroatoms. The predicted octanol–water partition coefficient (Wildman–Crippen LogP) is -0.254. The average molecular weight is 231 g/mol. The van der Waals surface area contributed by atoms with E-state index < -0.39 is 0 Å². The largest absolute Gasteiger partial charge is 0.327 e.